The average molecular weight is 315 g/mol. The molecule has 0 rings (SSSR count). The van der Waals surface area contributed by atoms with Crippen molar-refractivity contribution in [1.82, 2.24) is 0 Å². The minimum absolute atomic E-state index is 0.418. The van der Waals surface area contributed by atoms with E-state index in [0.29, 0.717) is 6.04 Å². The van der Waals surface area contributed by atoms with Gasteiger partial charge in [0.05, 0.1) is 0 Å². The largest absolute Gasteiger partial charge is 0.388 e. The molecule has 0 N–H and O–H groups in total. The van der Waals surface area contributed by atoms with Gasteiger partial charge in [-0.05, 0) is 0 Å². The van der Waals surface area contributed by atoms with Crippen LogP contribution in [-0.4, -0.2) is 29.4 Å². The van der Waals surface area contributed by atoms with E-state index in [4.69, 9.17) is 0 Å². The van der Waals surface area contributed by atoms with Gasteiger partial charge < -0.3 is 0 Å². The van der Waals surface area contributed by atoms with Crippen LogP contribution in [0, 0.1) is 0 Å². The van der Waals surface area contributed by atoms with Gasteiger partial charge in [0.15, 0.2) is 0 Å². The monoisotopic (exact) mass is 314 g/mol. The molecule has 0 aromatic rings. The van der Waals surface area contributed by atoms with Crippen LogP contribution in [0.2, 0.25) is 64.0 Å². The Bertz CT molecular complexity index is 237. The van der Waals surface area contributed by atoms with E-state index in [-0.39, 0.29) is 0 Å². The molecule has 0 aliphatic rings. The standard InChI is InChI=1S/C12H29F3Si3/c1-16(2,3)10-11-18(6,7)17(4,5)9-8-12(13,14)15/h8-11H2,1-7H3. The molecule has 0 saturated carbocycles. The fraction of sp³-hybridized carbons (Fsp3) is 1.00. The zero-order valence-electron chi connectivity index (χ0n) is 13.0. The van der Waals surface area contributed by atoms with Gasteiger partial charge >= 0.3 is 6.18 Å². The van der Waals surface area contributed by atoms with Crippen molar-refractivity contribution in [3.8, 4) is 0 Å². The summed E-state index contributed by atoms with van der Waals surface area (Å²) in [6, 6.07) is 2.91. The molecular weight excluding hydrogens is 285 g/mol. The van der Waals surface area contributed by atoms with E-state index in [0.717, 1.165) is 0 Å². The molecule has 0 amide bonds. The van der Waals surface area contributed by atoms with Crippen LogP contribution in [0.25, 0.3) is 0 Å². The van der Waals surface area contributed by atoms with Crippen molar-refractivity contribution in [3.05, 3.63) is 0 Å². The van der Waals surface area contributed by atoms with E-state index in [1.54, 1.807) is 0 Å². The summed E-state index contributed by atoms with van der Waals surface area (Å²) < 4.78 is 37.2. The molecular formula is C12H29F3Si3. The van der Waals surface area contributed by atoms with E-state index in [9.17, 15) is 13.2 Å². The van der Waals surface area contributed by atoms with Crippen LogP contribution in [0.1, 0.15) is 6.42 Å². The van der Waals surface area contributed by atoms with E-state index in [1.807, 2.05) is 0 Å². The lowest BCUT2D eigenvalue weighted by Gasteiger charge is -2.40. The molecule has 0 unspecified atom stereocenters. The Kier molecular flexibility index (Phi) is 5.97. The van der Waals surface area contributed by atoms with Gasteiger partial charge in [-0.3, -0.25) is 0 Å². The summed E-state index contributed by atoms with van der Waals surface area (Å²) in [5.74, 6) is 0. The molecule has 0 aromatic carbocycles. The van der Waals surface area contributed by atoms with Gasteiger partial charge in [0, 0.05) is 29.7 Å². The summed E-state index contributed by atoms with van der Waals surface area (Å²) >= 11 is 0. The third-order valence-electron chi connectivity index (χ3n) is 4.37. The van der Waals surface area contributed by atoms with Crippen molar-refractivity contribution in [3.63, 3.8) is 0 Å². The second-order valence-electron chi connectivity index (χ2n) is 7.94. The molecule has 0 fully saturated rings. The Morgan fingerprint density at radius 3 is 1.39 bits per heavy atom. The zero-order valence-corrected chi connectivity index (χ0v) is 16.0. The topological polar surface area (TPSA) is 0 Å². The molecule has 0 saturated heterocycles. The first kappa shape index (κ1) is 18.4. The number of hydrogen-bond donors (Lipinski definition) is 0. The first-order valence-electron chi connectivity index (χ1n) is 6.73. The van der Waals surface area contributed by atoms with Gasteiger partial charge in [-0.15, -0.1) is 0 Å². The minimum atomic E-state index is -3.98. The Morgan fingerprint density at radius 1 is 0.667 bits per heavy atom. The number of hydrogen-bond acceptors (Lipinski definition) is 0. The van der Waals surface area contributed by atoms with Crippen LogP contribution < -0.4 is 0 Å². The van der Waals surface area contributed by atoms with Gasteiger partial charge in [-0.2, -0.15) is 13.2 Å². The molecule has 0 aromatic heterocycles. The van der Waals surface area contributed by atoms with E-state index < -0.39 is 35.9 Å². The van der Waals surface area contributed by atoms with Crippen molar-refractivity contribution < 1.29 is 13.2 Å². The van der Waals surface area contributed by atoms with Gasteiger partial charge in [0.25, 0.3) is 0 Å². The lowest BCUT2D eigenvalue weighted by Crippen LogP contribution is -2.55. The summed E-state index contributed by atoms with van der Waals surface area (Å²) in [5.41, 5.74) is 0. The molecule has 0 bridgehead atoms. The average Bonchev–Trinajstić information content (AvgIpc) is 2.10. The molecule has 0 aliphatic carbocycles. The fourth-order valence-corrected chi connectivity index (χ4v) is 15.1. The Hall–Kier alpha value is 0.441. The van der Waals surface area contributed by atoms with Crippen molar-refractivity contribution in [1.29, 1.82) is 0 Å². The lowest BCUT2D eigenvalue weighted by molar-refractivity contribution is -0.130. The third-order valence-corrected chi connectivity index (χ3v) is 25.8. The molecule has 6 heteroatoms. The van der Waals surface area contributed by atoms with Gasteiger partial charge in [-0.1, -0.05) is 64.0 Å². The fourth-order valence-electron chi connectivity index (χ4n) is 1.82. The van der Waals surface area contributed by atoms with Crippen molar-refractivity contribution in [2.24, 2.45) is 0 Å². The van der Waals surface area contributed by atoms with Gasteiger partial charge in [0.1, 0.15) is 0 Å². The van der Waals surface area contributed by atoms with Crippen molar-refractivity contribution >= 4 is 23.3 Å². The molecule has 0 heterocycles. The van der Waals surface area contributed by atoms with Crippen LogP contribution in [0.3, 0.4) is 0 Å². The van der Waals surface area contributed by atoms with Crippen molar-refractivity contribution in [2.45, 2.75) is 76.6 Å². The van der Waals surface area contributed by atoms with Crippen LogP contribution in [0.15, 0.2) is 0 Å². The predicted octanol–water partition coefficient (Wildman–Crippen LogP) is 5.77. The normalized spacial score (nSPS) is 15.0. The van der Waals surface area contributed by atoms with E-state index in [1.165, 1.54) is 12.1 Å². The van der Waals surface area contributed by atoms with Crippen LogP contribution >= 0.6 is 0 Å². The molecule has 0 aliphatic heterocycles. The first-order chi connectivity index (χ1) is 7.66. The first-order valence-corrected chi connectivity index (χ1v) is 17.9. The molecule has 0 radical (unpaired) electrons. The van der Waals surface area contributed by atoms with E-state index >= 15 is 0 Å². The highest BCUT2D eigenvalue weighted by Gasteiger charge is 2.43. The maximum atomic E-state index is 12.4. The lowest BCUT2D eigenvalue weighted by atomic mass is 10.5. The van der Waals surface area contributed by atoms with Crippen LogP contribution in [0.5, 0.6) is 0 Å². The maximum Gasteiger partial charge on any atom is 0.388 e. The smallest absolute Gasteiger partial charge is 0.171 e. The van der Waals surface area contributed by atoms with Crippen molar-refractivity contribution in [2.75, 3.05) is 0 Å². The molecule has 0 nitrogen and oxygen atoms in total. The third kappa shape index (κ3) is 7.13. The highest BCUT2D eigenvalue weighted by molar-refractivity contribution is 7.40. The zero-order chi connectivity index (χ0) is 14.8. The van der Waals surface area contributed by atoms with Gasteiger partial charge in [-0.25, -0.2) is 0 Å². The summed E-state index contributed by atoms with van der Waals surface area (Å²) in [5, 5.41) is 0. The van der Waals surface area contributed by atoms with Crippen LogP contribution in [-0.2, 0) is 0 Å². The Morgan fingerprint density at radius 2 is 1.06 bits per heavy atom. The molecule has 0 atom stereocenters. The van der Waals surface area contributed by atoms with E-state index in [2.05, 4.69) is 45.8 Å². The second-order valence-corrected chi connectivity index (χ2v) is 30.2. The SMILES string of the molecule is C[Si](C)(C)CC[Si](C)(C)[Si](C)(C)CCC(F)(F)F. The maximum absolute atomic E-state index is 12.4. The summed E-state index contributed by atoms with van der Waals surface area (Å²) in [6.07, 6.45) is -4.55. The minimum Gasteiger partial charge on any atom is -0.171 e. The summed E-state index contributed by atoms with van der Waals surface area (Å²) in [7, 11) is -4.24. The number of alkyl halides is 3. The van der Waals surface area contributed by atoms with Gasteiger partial charge in [0.2, 0.25) is 0 Å². The Balaban J connectivity index is 4.55. The number of rotatable bonds is 6. The summed E-state index contributed by atoms with van der Waals surface area (Å²) in [6.45, 7) is 16.0. The summed E-state index contributed by atoms with van der Waals surface area (Å²) in [4.78, 5) is 0. The van der Waals surface area contributed by atoms with Crippen LogP contribution in [0.4, 0.5) is 13.2 Å². The quantitative estimate of drug-likeness (QED) is 0.546. The molecule has 0 spiro atoms. The molecule has 18 heavy (non-hydrogen) atoms. The highest BCUT2D eigenvalue weighted by Crippen LogP contribution is 2.34. The number of halogens is 3. The Labute approximate surface area is 113 Å². The second kappa shape index (κ2) is 5.83. The predicted molar refractivity (Wildman–Crippen MR) is 83.4 cm³/mol. The molecule has 110 valence electrons. The highest BCUT2D eigenvalue weighted by atomic mass is 29.3.